The molecule has 0 aromatic carbocycles. The molecule has 0 aliphatic heterocycles. The van der Waals surface area contributed by atoms with E-state index >= 15 is 0 Å². The molecule has 0 unspecified atom stereocenters. The van der Waals surface area contributed by atoms with Gasteiger partial charge in [-0.1, -0.05) is 32.6 Å². The summed E-state index contributed by atoms with van der Waals surface area (Å²) in [5, 5.41) is 8.63. The second-order valence-electron chi connectivity index (χ2n) is 3.40. The average Bonchev–Trinajstić information content (AvgIpc) is 2.07. The molecule has 1 N–H and O–H groups in total. The summed E-state index contributed by atoms with van der Waals surface area (Å²) in [6, 6.07) is 0. The molecule has 14 heavy (non-hydrogen) atoms. The number of allylic oxidation sites excluding steroid dienone is 3. The lowest BCUT2D eigenvalue weighted by molar-refractivity contribution is -0.138. The third-order valence-electron chi connectivity index (χ3n) is 1.91. The van der Waals surface area contributed by atoms with Gasteiger partial charge in [-0.05, 0) is 17.9 Å². The van der Waals surface area contributed by atoms with Gasteiger partial charge in [-0.2, -0.15) is 0 Å². The molecule has 0 atom stereocenters. The SMILES string of the molecule is C=C.C=C/C(=C\C)C(C)(C)CC(=O)O. The van der Waals surface area contributed by atoms with Crippen LogP contribution in [0.5, 0.6) is 0 Å². The number of carboxylic acids is 1. The molecule has 2 heteroatoms. The Morgan fingerprint density at radius 2 is 1.86 bits per heavy atom. The summed E-state index contributed by atoms with van der Waals surface area (Å²) in [4.78, 5) is 10.5. The van der Waals surface area contributed by atoms with E-state index in [0.29, 0.717) is 0 Å². The Balaban J connectivity index is 0. The summed E-state index contributed by atoms with van der Waals surface area (Å²) in [6.07, 6.45) is 3.75. The molecule has 0 aliphatic carbocycles. The van der Waals surface area contributed by atoms with E-state index in [0.717, 1.165) is 5.57 Å². The first-order valence-electron chi connectivity index (χ1n) is 4.45. The maximum absolute atomic E-state index is 10.5. The molecule has 0 fully saturated rings. The standard InChI is InChI=1S/C10H16O2.C2H4/c1-5-8(6-2)10(3,4)7-9(11)12;1-2/h5-6H,1,7H2,2-4H3,(H,11,12);1-2H2/b8-6+;. The van der Waals surface area contributed by atoms with Crippen LogP contribution < -0.4 is 0 Å². The lowest BCUT2D eigenvalue weighted by atomic mass is 9.81. The van der Waals surface area contributed by atoms with Gasteiger partial charge in [0.05, 0.1) is 6.42 Å². The zero-order chi connectivity index (χ0) is 11.8. The molecule has 0 heterocycles. The molecule has 0 radical (unpaired) electrons. The van der Waals surface area contributed by atoms with Gasteiger partial charge in [0.2, 0.25) is 0 Å². The van der Waals surface area contributed by atoms with Crippen molar-refractivity contribution in [2.45, 2.75) is 27.2 Å². The van der Waals surface area contributed by atoms with Crippen LogP contribution in [-0.4, -0.2) is 11.1 Å². The number of aliphatic carboxylic acids is 1. The highest BCUT2D eigenvalue weighted by Crippen LogP contribution is 2.30. The van der Waals surface area contributed by atoms with Crippen LogP contribution in [0.15, 0.2) is 37.5 Å². The Kier molecular flexibility index (Phi) is 7.73. The minimum absolute atomic E-state index is 0.138. The predicted molar refractivity (Wildman–Crippen MR) is 61.2 cm³/mol. The molecular weight excluding hydrogens is 176 g/mol. The van der Waals surface area contributed by atoms with E-state index in [4.69, 9.17) is 5.11 Å². The molecule has 0 saturated heterocycles. The van der Waals surface area contributed by atoms with Crippen molar-refractivity contribution in [3.8, 4) is 0 Å². The Labute approximate surface area is 86.6 Å². The van der Waals surface area contributed by atoms with Crippen molar-refractivity contribution in [3.05, 3.63) is 37.5 Å². The predicted octanol–water partition coefficient (Wildman–Crippen LogP) is 3.42. The minimum atomic E-state index is -0.777. The third kappa shape index (κ3) is 5.36. The van der Waals surface area contributed by atoms with Crippen LogP contribution in [0.2, 0.25) is 0 Å². The zero-order valence-corrected chi connectivity index (χ0v) is 9.34. The van der Waals surface area contributed by atoms with Crippen LogP contribution in [0.4, 0.5) is 0 Å². The first-order valence-corrected chi connectivity index (χ1v) is 4.45. The third-order valence-corrected chi connectivity index (χ3v) is 1.91. The van der Waals surface area contributed by atoms with Gasteiger partial charge in [-0.3, -0.25) is 4.79 Å². The van der Waals surface area contributed by atoms with E-state index in [1.807, 2.05) is 26.8 Å². The average molecular weight is 196 g/mol. The van der Waals surface area contributed by atoms with Crippen LogP contribution in [0.3, 0.4) is 0 Å². The summed E-state index contributed by atoms with van der Waals surface area (Å²) in [5.41, 5.74) is 0.660. The number of carbonyl (C=O) groups is 1. The number of hydrogen-bond acceptors (Lipinski definition) is 1. The van der Waals surface area contributed by atoms with Crippen molar-refractivity contribution in [1.82, 2.24) is 0 Å². The summed E-state index contributed by atoms with van der Waals surface area (Å²) in [7, 11) is 0. The van der Waals surface area contributed by atoms with Crippen molar-refractivity contribution in [2.75, 3.05) is 0 Å². The van der Waals surface area contributed by atoms with Gasteiger partial charge < -0.3 is 5.11 Å². The van der Waals surface area contributed by atoms with Gasteiger partial charge in [-0.15, -0.1) is 13.2 Å². The first kappa shape index (κ1) is 15.2. The topological polar surface area (TPSA) is 37.3 Å². The summed E-state index contributed by atoms with van der Waals surface area (Å²) < 4.78 is 0. The van der Waals surface area contributed by atoms with Crippen molar-refractivity contribution in [1.29, 1.82) is 0 Å². The second-order valence-corrected chi connectivity index (χ2v) is 3.40. The van der Waals surface area contributed by atoms with E-state index in [1.54, 1.807) is 6.08 Å². The lowest BCUT2D eigenvalue weighted by Crippen LogP contribution is -2.18. The van der Waals surface area contributed by atoms with Crippen molar-refractivity contribution >= 4 is 5.97 Å². The highest BCUT2D eigenvalue weighted by molar-refractivity contribution is 5.68. The Morgan fingerprint density at radius 3 is 2.07 bits per heavy atom. The Bertz CT molecular complexity index is 224. The quantitative estimate of drug-likeness (QED) is 0.552. The smallest absolute Gasteiger partial charge is 0.304 e. The molecule has 0 saturated carbocycles. The largest absolute Gasteiger partial charge is 0.481 e. The van der Waals surface area contributed by atoms with Gasteiger partial charge in [0.25, 0.3) is 0 Å². The minimum Gasteiger partial charge on any atom is -0.481 e. The highest BCUT2D eigenvalue weighted by Gasteiger charge is 2.23. The Hall–Kier alpha value is -1.31. The normalized spacial score (nSPS) is 11.2. The zero-order valence-electron chi connectivity index (χ0n) is 9.34. The molecule has 0 spiro atoms. The van der Waals surface area contributed by atoms with Gasteiger partial charge in [0, 0.05) is 0 Å². The van der Waals surface area contributed by atoms with Crippen molar-refractivity contribution in [2.24, 2.45) is 5.41 Å². The van der Waals surface area contributed by atoms with Crippen LogP contribution in [0, 0.1) is 5.41 Å². The Morgan fingerprint density at radius 1 is 1.43 bits per heavy atom. The van der Waals surface area contributed by atoms with Crippen LogP contribution >= 0.6 is 0 Å². The lowest BCUT2D eigenvalue weighted by Gasteiger charge is -2.23. The molecular formula is C12H20O2. The van der Waals surface area contributed by atoms with E-state index in [2.05, 4.69) is 19.7 Å². The molecule has 0 aromatic rings. The summed E-state index contributed by atoms with van der Waals surface area (Å²) >= 11 is 0. The van der Waals surface area contributed by atoms with Crippen LogP contribution in [0.1, 0.15) is 27.2 Å². The van der Waals surface area contributed by atoms with Gasteiger partial charge in [0.15, 0.2) is 0 Å². The van der Waals surface area contributed by atoms with E-state index in [-0.39, 0.29) is 11.8 Å². The van der Waals surface area contributed by atoms with Gasteiger partial charge in [0.1, 0.15) is 0 Å². The number of hydrogen-bond donors (Lipinski definition) is 1. The molecule has 0 aliphatic rings. The van der Waals surface area contributed by atoms with E-state index in [1.165, 1.54) is 0 Å². The molecule has 80 valence electrons. The van der Waals surface area contributed by atoms with E-state index < -0.39 is 5.97 Å². The summed E-state index contributed by atoms with van der Waals surface area (Å²) in [5.74, 6) is -0.777. The van der Waals surface area contributed by atoms with Crippen LogP contribution in [-0.2, 0) is 4.79 Å². The molecule has 0 amide bonds. The van der Waals surface area contributed by atoms with Gasteiger partial charge in [-0.25, -0.2) is 0 Å². The maximum Gasteiger partial charge on any atom is 0.304 e. The second kappa shape index (κ2) is 7.13. The summed E-state index contributed by atoms with van der Waals surface area (Å²) in [6.45, 7) is 15.3. The fourth-order valence-corrected chi connectivity index (χ4v) is 1.27. The molecule has 2 nitrogen and oxygen atoms in total. The molecule has 0 bridgehead atoms. The maximum atomic E-state index is 10.5. The molecule has 0 aromatic heterocycles. The van der Waals surface area contributed by atoms with E-state index in [9.17, 15) is 4.79 Å². The van der Waals surface area contributed by atoms with Gasteiger partial charge >= 0.3 is 5.97 Å². The fourth-order valence-electron chi connectivity index (χ4n) is 1.27. The fraction of sp³-hybridized carbons (Fsp3) is 0.417. The van der Waals surface area contributed by atoms with Crippen molar-refractivity contribution in [3.63, 3.8) is 0 Å². The highest BCUT2D eigenvalue weighted by atomic mass is 16.4. The van der Waals surface area contributed by atoms with Crippen LogP contribution in [0.25, 0.3) is 0 Å². The first-order chi connectivity index (χ1) is 6.44. The van der Waals surface area contributed by atoms with Crippen molar-refractivity contribution < 1.29 is 9.90 Å². The monoisotopic (exact) mass is 196 g/mol. The molecule has 0 rings (SSSR count). The number of carboxylic acid groups (broad SMARTS) is 1. The number of rotatable bonds is 4.